The van der Waals surface area contributed by atoms with Crippen molar-refractivity contribution < 1.29 is 9.53 Å². The molecule has 5 heteroatoms. The number of thiophene rings is 1. The number of hydrogen-bond acceptors (Lipinski definition) is 4. The van der Waals surface area contributed by atoms with E-state index in [1.807, 2.05) is 17.4 Å². The lowest BCUT2D eigenvalue weighted by Crippen LogP contribution is -2.05. The molecule has 0 saturated heterocycles. The van der Waals surface area contributed by atoms with Gasteiger partial charge in [-0.15, -0.1) is 11.3 Å². The van der Waals surface area contributed by atoms with Gasteiger partial charge in [0.2, 0.25) is 0 Å². The number of nitrogens with one attached hydrogen (secondary N) is 1. The Morgan fingerprint density at radius 3 is 2.62 bits per heavy atom. The molecular weight excluding hydrogens is 350 g/mol. The van der Waals surface area contributed by atoms with E-state index in [1.54, 1.807) is 19.1 Å². The molecule has 21 heavy (non-hydrogen) atoms. The molecule has 1 aromatic carbocycles. The standard InChI is InChI=1S/C16H18BrNO2S/c1-3-12-6-7-13(21-12)10-18-15-8-5-11(9-14(15)17)16(19)20-4-2/h5-9,18H,3-4,10H2,1-2H3. The molecule has 0 aliphatic heterocycles. The number of ether oxygens (including phenoxy) is 1. The second-order valence-electron chi connectivity index (χ2n) is 4.49. The summed E-state index contributed by atoms with van der Waals surface area (Å²) in [6.07, 6.45) is 1.07. The highest BCUT2D eigenvalue weighted by Crippen LogP contribution is 2.26. The van der Waals surface area contributed by atoms with Crippen LogP contribution in [0.3, 0.4) is 0 Å². The van der Waals surface area contributed by atoms with Crippen molar-refractivity contribution in [2.75, 3.05) is 11.9 Å². The lowest BCUT2D eigenvalue weighted by molar-refractivity contribution is 0.0526. The molecule has 2 aromatic rings. The van der Waals surface area contributed by atoms with Crippen molar-refractivity contribution in [1.29, 1.82) is 0 Å². The van der Waals surface area contributed by atoms with E-state index in [1.165, 1.54) is 9.75 Å². The Labute approximate surface area is 137 Å². The number of anilines is 1. The number of aryl methyl sites for hydroxylation is 1. The van der Waals surface area contributed by atoms with E-state index in [4.69, 9.17) is 4.74 Å². The molecule has 0 amide bonds. The zero-order chi connectivity index (χ0) is 15.2. The highest BCUT2D eigenvalue weighted by molar-refractivity contribution is 9.10. The largest absolute Gasteiger partial charge is 0.462 e. The highest BCUT2D eigenvalue weighted by atomic mass is 79.9. The SMILES string of the molecule is CCOC(=O)c1ccc(NCc2ccc(CC)s2)c(Br)c1. The normalized spacial score (nSPS) is 10.4. The smallest absolute Gasteiger partial charge is 0.338 e. The minimum atomic E-state index is -0.296. The highest BCUT2D eigenvalue weighted by Gasteiger charge is 2.09. The molecule has 0 aliphatic carbocycles. The molecule has 112 valence electrons. The van der Waals surface area contributed by atoms with Gasteiger partial charge < -0.3 is 10.1 Å². The van der Waals surface area contributed by atoms with Crippen LogP contribution >= 0.6 is 27.3 Å². The Morgan fingerprint density at radius 2 is 2.00 bits per heavy atom. The van der Waals surface area contributed by atoms with Gasteiger partial charge in [0.25, 0.3) is 0 Å². The van der Waals surface area contributed by atoms with Crippen LogP contribution in [0.5, 0.6) is 0 Å². The van der Waals surface area contributed by atoms with E-state index < -0.39 is 0 Å². The van der Waals surface area contributed by atoms with Crippen LogP contribution in [0, 0.1) is 0 Å². The number of esters is 1. The summed E-state index contributed by atoms with van der Waals surface area (Å²) in [5, 5.41) is 3.38. The molecule has 1 aromatic heterocycles. The Balaban J connectivity index is 2.02. The summed E-state index contributed by atoms with van der Waals surface area (Å²) in [5.41, 5.74) is 1.52. The number of hydrogen-bond donors (Lipinski definition) is 1. The first kappa shape index (κ1) is 16.0. The van der Waals surface area contributed by atoms with Gasteiger partial charge in [0, 0.05) is 26.5 Å². The average molecular weight is 368 g/mol. The Morgan fingerprint density at radius 1 is 1.24 bits per heavy atom. The molecule has 0 spiro atoms. The van der Waals surface area contributed by atoms with Gasteiger partial charge in [-0.05, 0) is 59.6 Å². The summed E-state index contributed by atoms with van der Waals surface area (Å²) in [5.74, 6) is -0.296. The maximum Gasteiger partial charge on any atom is 0.338 e. The predicted octanol–water partition coefficient (Wildman–Crippen LogP) is 4.86. The molecule has 0 unspecified atom stereocenters. The molecule has 0 radical (unpaired) electrons. The van der Waals surface area contributed by atoms with Crippen molar-refractivity contribution in [2.45, 2.75) is 26.8 Å². The summed E-state index contributed by atoms with van der Waals surface area (Å²) in [7, 11) is 0. The number of benzene rings is 1. The van der Waals surface area contributed by atoms with E-state index in [2.05, 4.69) is 40.3 Å². The van der Waals surface area contributed by atoms with Crippen LogP contribution in [0.1, 0.15) is 34.0 Å². The van der Waals surface area contributed by atoms with Gasteiger partial charge in [0.05, 0.1) is 12.2 Å². The summed E-state index contributed by atoms with van der Waals surface area (Å²) >= 11 is 5.31. The lowest BCUT2D eigenvalue weighted by atomic mass is 10.2. The summed E-state index contributed by atoms with van der Waals surface area (Å²) in [4.78, 5) is 14.4. The Kier molecular flexibility index (Phi) is 5.82. The first-order valence-electron chi connectivity index (χ1n) is 6.92. The molecule has 0 aliphatic rings. The molecule has 3 nitrogen and oxygen atoms in total. The zero-order valence-corrected chi connectivity index (χ0v) is 14.5. The Bertz CT molecular complexity index is 624. The van der Waals surface area contributed by atoms with Crippen molar-refractivity contribution in [3.8, 4) is 0 Å². The number of carbonyl (C=O) groups excluding carboxylic acids is 1. The van der Waals surface area contributed by atoms with Gasteiger partial charge in [-0.3, -0.25) is 0 Å². The van der Waals surface area contributed by atoms with Gasteiger partial charge in [0.15, 0.2) is 0 Å². The molecular formula is C16H18BrNO2S. The van der Waals surface area contributed by atoms with Crippen LogP contribution in [0.25, 0.3) is 0 Å². The molecule has 0 saturated carbocycles. The van der Waals surface area contributed by atoms with Gasteiger partial charge in [-0.25, -0.2) is 4.79 Å². The predicted molar refractivity (Wildman–Crippen MR) is 91.1 cm³/mol. The zero-order valence-electron chi connectivity index (χ0n) is 12.1. The minimum absolute atomic E-state index is 0.296. The van der Waals surface area contributed by atoms with Crippen LogP contribution < -0.4 is 5.32 Å². The number of carbonyl (C=O) groups is 1. The molecule has 2 rings (SSSR count). The molecule has 1 N–H and O–H groups in total. The third kappa shape index (κ3) is 4.32. The topological polar surface area (TPSA) is 38.3 Å². The Hall–Kier alpha value is -1.33. The van der Waals surface area contributed by atoms with Crippen LogP contribution in [0.2, 0.25) is 0 Å². The fourth-order valence-corrected chi connectivity index (χ4v) is 3.31. The second kappa shape index (κ2) is 7.61. The van der Waals surface area contributed by atoms with Crippen LogP contribution in [0.4, 0.5) is 5.69 Å². The molecule has 1 heterocycles. The monoisotopic (exact) mass is 367 g/mol. The summed E-state index contributed by atoms with van der Waals surface area (Å²) in [6.45, 7) is 5.12. The fraction of sp³-hybridized carbons (Fsp3) is 0.312. The maximum absolute atomic E-state index is 11.7. The lowest BCUT2D eigenvalue weighted by Gasteiger charge is -2.09. The van der Waals surface area contributed by atoms with Crippen LogP contribution in [-0.4, -0.2) is 12.6 Å². The van der Waals surface area contributed by atoms with Crippen molar-refractivity contribution >= 4 is 38.9 Å². The number of rotatable bonds is 6. The van der Waals surface area contributed by atoms with E-state index in [0.29, 0.717) is 12.2 Å². The van der Waals surface area contributed by atoms with E-state index in [9.17, 15) is 4.79 Å². The van der Waals surface area contributed by atoms with Crippen molar-refractivity contribution in [1.82, 2.24) is 0 Å². The first-order chi connectivity index (χ1) is 10.1. The van der Waals surface area contributed by atoms with Crippen LogP contribution in [-0.2, 0) is 17.7 Å². The van der Waals surface area contributed by atoms with Gasteiger partial charge in [-0.1, -0.05) is 6.92 Å². The summed E-state index contributed by atoms with van der Waals surface area (Å²) < 4.78 is 5.85. The van der Waals surface area contributed by atoms with Crippen molar-refractivity contribution in [3.05, 3.63) is 50.1 Å². The van der Waals surface area contributed by atoms with Gasteiger partial charge >= 0.3 is 5.97 Å². The van der Waals surface area contributed by atoms with E-state index in [0.717, 1.165) is 23.1 Å². The minimum Gasteiger partial charge on any atom is -0.462 e. The van der Waals surface area contributed by atoms with Crippen molar-refractivity contribution in [3.63, 3.8) is 0 Å². The van der Waals surface area contributed by atoms with Gasteiger partial charge in [0.1, 0.15) is 0 Å². The summed E-state index contributed by atoms with van der Waals surface area (Å²) in [6, 6.07) is 9.77. The van der Waals surface area contributed by atoms with E-state index in [-0.39, 0.29) is 5.97 Å². The van der Waals surface area contributed by atoms with E-state index >= 15 is 0 Å². The third-order valence-corrected chi connectivity index (χ3v) is 4.88. The average Bonchev–Trinajstić information content (AvgIpc) is 2.94. The van der Waals surface area contributed by atoms with Crippen LogP contribution in [0.15, 0.2) is 34.8 Å². The fourth-order valence-electron chi connectivity index (χ4n) is 1.89. The molecule has 0 fully saturated rings. The molecule has 0 bridgehead atoms. The maximum atomic E-state index is 11.7. The van der Waals surface area contributed by atoms with Gasteiger partial charge in [-0.2, -0.15) is 0 Å². The first-order valence-corrected chi connectivity index (χ1v) is 8.53. The van der Waals surface area contributed by atoms with Crippen molar-refractivity contribution in [2.24, 2.45) is 0 Å². The third-order valence-electron chi connectivity index (χ3n) is 3.00. The number of halogens is 1. The second-order valence-corrected chi connectivity index (χ2v) is 6.60. The quantitative estimate of drug-likeness (QED) is 0.740. The molecule has 0 atom stereocenters.